The number of likely N-dealkylation sites (tertiary alicyclic amines) is 1. The fourth-order valence-electron chi connectivity index (χ4n) is 3.48. The quantitative estimate of drug-likeness (QED) is 0.742. The molecule has 0 saturated carbocycles. The summed E-state index contributed by atoms with van der Waals surface area (Å²) < 4.78 is 0. The zero-order valence-electron chi connectivity index (χ0n) is 14.4. The number of piperidine rings is 1. The highest BCUT2D eigenvalue weighted by Gasteiger charge is 2.33. The highest BCUT2D eigenvalue weighted by Crippen LogP contribution is 2.24. The van der Waals surface area contributed by atoms with E-state index in [1.807, 2.05) is 60.0 Å². The Balaban J connectivity index is 1.53. The van der Waals surface area contributed by atoms with Gasteiger partial charge in [-0.1, -0.05) is 36.4 Å². The molecule has 1 aliphatic rings. The molecular weight excluding hydrogens is 344 g/mol. The Kier molecular flexibility index (Phi) is 4.71. The third kappa shape index (κ3) is 3.35. The fourth-order valence-corrected chi connectivity index (χ4v) is 4.16. The molecule has 1 fully saturated rings. The number of rotatable bonds is 3. The zero-order valence-corrected chi connectivity index (χ0v) is 15.2. The molecule has 1 saturated heterocycles. The molecule has 2 heterocycles. The van der Waals surface area contributed by atoms with Crippen LogP contribution in [-0.4, -0.2) is 29.3 Å². The molecule has 4 nitrogen and oxygen atoms in total. The number of thiophene rings is 1. The normalized spacial score (nSPS) is 17.2. The van der Waals surface area contributed by atoms with Gasteiger partial charge < -0.3 is 10.2 Å². The van der Waals surface area contributed by atoms with E-state index in [4.69, 9.17) is 0 Å². The average Bonchev–Trinajstić information content (AvgIpc) is 3.22. The van der Waals surface area contributed by atoms with Crippen LogP contribution in [0.5, 0.6) is 0 Å². The van der Waals surface area contributed by atoms with Crippen molar-refractivity contribution in [1.29, 1.82) is 0 Å². The molecule has 1 aliphatic heterocycles. The van der Waals surface area contributed by atoms with Crippen molar-refractivity contribution in [1.82, 2.24) is 4.90 Å². The first kappa shape index (κ1) is 16.8. The van der Waals surface area contributed by atoms with Crippen molar-refractivity contribution in [3.05, 3.63) is 64.9 Å². The summed E-state index contributed by atoms with van der Waals surface area (Å²) in [5, 5.41) is 7.12. The monoisotopic (exact) mass is 364 g/mol. The Labute approximate surface area is 156 Å². The van der Waals surface area contributed by atoms with E-state index in [-0.39, 0.29) is 11.8 Å². The van der Waals surface area contributed by atoms with Gasteiger partial charge in [0, 0.05) is 12.2 Å². The molecular formula is C21H20N2O2S. The molecule has 0 bridgehead atoms. The standard InChI is InChI=1S/C21H20N2O2S/c24-20(22-17-11-10-15-6-1-2-7-16(15)14-17)18-8-3-4-12-23(18)21(25)19-9-5-13-26-19/h1-2,5-7,9-11,13-14,18H,3-4,8,12H2,(H,22,24). The average molecular weight is 364 g/mol. The van der Waals surface area contributed by atoms with E-state index in [1.165, 1.54) is 11.3 Å². The van der Waals surface area contributed by atoms with E-state index in [0.717, 1.165) is 29.3 Å². The van der Waals surface area contributed by atoms with Crippen LogP contribution in [0.1, 0.15) is 28.9 Å². The number of carbonyl (C=O) groups excluding carboxylic acids is 2. The van der Waals surface area contributed by atoms with Gasteiger partial charge in [-0.2, -0.15) is 0 Å². The van der Waals surface area contributed by atoms with Crippen molar-refractivity contribution >= 4 is 39.6 Å². The van der Waals surface area contributed by atoms with Gasteiger partial charge in [0.25, 0.3) is 5.91 Å². The molecule has 1 atom stereocenters. The van der Waals surface area contributed by atoms with Crippen LogP contribution in [-0.2, 0) is 4.79 Å². The molecule has 132 valence electrons. The minimum Gasteiger partial charge on any atom is -0.326 e. The number of amides is 2. The number of benzene rings is 2. The van der Waals surface area contributed by atoms with Crippen LogP contribution < -0.4 is 5.32 Å². The van der Waals surface area contributed by atoms with Crippen molar-refractivity contribution in [2.45, 2.75) is 25.3 Å². The second-order valence-corrected chi connectivity index (χ2v) is 7.49. The predicted molar refractivity (Wildman–Crippen MR) is 106 cm³/mol. The molecule has 0 radical (unpaired) electrons. The summed E-state index contributed by atoms with van der Waals surface area (Å²) in [6.07, 6.45) is 2.61. The minimum absolute atomic E-state index is 0.0432. The Hall–Kier alpha value is -2.66. The van der Waals surface area contributed by atoms with Gasteiger partial charge in [-0.15, -0.1) is 11.3 Å². The van der Waals surface area contributed by atoms with Crippen molar-refractivity contribution in [3.8, 4) is 0 Å². The second kappa shape index (κ2) is 7.30. The maximum atomic E-state index is 12.9. The van der Waals surface area contributed by atoms with E-state index in [1.54, 1.807) is 4.90 Å². The van der Waals surface area contributed by atoms with Crippen LogP contribution in [0.15, 0.2) is 60.0 Å². The van der Waals surface area contributed by atoms with Gasteiger partial charge in [0.1, 0.15) is 6.04 Å². The summed E-state index contributed by atoms with van der Waals surface area (Å²) in [5.41, 5.74) is 0.766. The summed E-state index contributed by atoms with van der Waals surface area (Å²) in [6.45, 7) is 0.631. The smallest absolute Gasteiger partial charge is 0.264 e. The van der Waals surface area contributed by atoms with Crippen LogP contribution in [0.2, 0.25) is 0 Å². The van der Waals surface area contributed by atoms with E-state index < -0.39 is 6.04 Å². The summed E-state index contributed by atoms with van der Waals surface area (Å²) in [7, 11) is 0. The van der Waals surface area contributed by atoms with Crippen molar-refractivity contribution < 1.29 is 9.59 Å². The van der Waals surface area contributed by atoms with Gasteiger partial charge in [-0.25, -0.2) is 0 Å². The number of fused-ring (bicyclic) bond motifs is 1. The summed E-state index contributed by atoms with van der Waals surface area (Å²) >= 11 is 1.42. The molecule has 1 unspecified atom stereocenters. The fraction of sp³-hybridized carbons (Fsp3) is 0.238. The van der Waals surface area contributed by atoms with Crippen LogP contribution in [0.3, 0.4) is 0 Å². The number of hydrogen-bond acceptors (Lipinski definition) is 3. The largest absolute Gasteiger partial charge is 0.326 e. The molecule has 26 heavy (non-hydrogen) atoms. The van der Waals surface area contributed by atoms with E-state index in [0.29, 0.717) is 17.8 Å². The Morgan fingerprint density at radius 3 is 2.65 bits per heavy atom. The van der Waals surface area contributed by atoms with E-state index in [9.17, 15) is 9.59 Å². The molecule has 3 aromatic rings. The highest BCUT2D eigenvalue weighted by atomic mass is 32.1. The minimum atomic E-state index is -0.412. The molecule has 0 spiro atoms. The maximum absolute atomic E-state index is 12.9. The maximum Gasteiger partial charge on any atom is 0.264 e. The van der Waals surface area contributed by atoms with Gasteiger partial charge in [0.2, 0.25) is 5.91 Å². The molecule has 2 aromatic carbocycles. The number of anilines is 1. The topological polar surface area (TPSA) is 49.4 Å². The lowest BCUT2D eigenvalue weighted by molar-refractivity contribution is -0.121. The number of nitrogens with zero attached hydrogens (tertiary/aromatic N) is 1. The Bertz CT molecular complexity index is 936. The summed E-state index contributed by atoms with van der Waals surface area (Å²) in [6, 6.07) is 17.2. The predicted octanol–water partition coefficient (Wildman–Crippen LogP) is 4.53. The first-order chi connectivity index (χ1) is 12.7. The first-order valence-corrected chi connectivity index (χ1v) is 9.74. The molecule has 1 aromatic heterocycles. The lowest BCUT2D eigenvalue weighted by Gasteiger charge is -2.34. The van der Waals surface area contributed by atoms with Crippen LogP contribution in [0, 0.1) is 0 Å². The van der Waals surface area contributed by atoms with Crippen LogP contribution in [0.25, 0.3) is 10.8 Å². The highest BCUT2D eigenvalue weighted by molar-refractivity contribution is 7.12. The lowest BCUT2D eigenvalue weighted by atomic mass is 10.0. The molecule has 4 rings (SSSR count). The molecule has 2 amide bonds. The Morgan fingerprint density at radius 2 is 1.85 bits per heavy atom. The van der Waals surface area contributed by atoms with Crippen molar-refractivity contribution in [2.75, 3.05) is 11.9 Å². The third-order valence-electron chi connectivity index (χ3n) is 4.82. The number of carbonyl (C=O) groups is 2. The van der Waals surface area contributed by atoms with Crippen molar-refractivity contribution in [3.63, 3.8) is 0 Å². The number of nitrogens with one attached hydrogen (secondary N) is 1. The molecule has 1 N–H and O–H groups in total. The summed E-state index contributed by atoms with van der Waals surface area (Å²) in [4.78, 5) is 28.1. The summed E-state index contributed by atoms with van der Waals surface area (Å²) in [5.74, 6) is -0.150. The van der Waals surface area contributed by atoms with Gasteiger partial charge in [-0.3, -0.25) is 9.59 Å². The Morgan fingerprint density at radius 1 is 1.00 bits per heavy atom. The number of hydrogen-bond donors (Lipinski definition) is 1. The van der Waals surface area contributed by atoms with E-state index in [2.05, 4.69) is 5.32 Å². The van der Waals surface area contributed by atoms with E-state index >= 15 is 0 Å². The van der Waals surface area contributed by atoms with Gasteiger partial charge in [0.05, 0.1) is 4.88 Å². The van der Waals surface area contributed by atoms with Gasteiger partial charge in [0.15, 0.2) is 0 Å². The first-order valence-electron chi connectivity index (χ1n) is 8.86. The van der Waals surface area contributed by atoms with Crippen LogP contribution in [0.4, 0.5) is 5.69 Å². The molecule has 5 heteroatoms. The lowest BCUT2D eigenvalue weighted by Crippen LogP contribution is -2.49. The second-order valence-electron chi connectivity index (χ2n) is 6.54. The van der Waals surface area contributed by atoms with Gasteiger partial charge in [-0.05, 0) is 53.6 Å². The van der Waals surface area contributed by atoms with Gasteiger partial charge >= 0.3 is 0 Å². The SMILES string of the molecule is O=C(Nc1ccc2ccccc2c1)C1CCCCN1C(=O)c1cccs1. The third-order valence-corrected chi connectivity index (χ3v) is 5.67. The zero-order chi connectivity index (χ0) is 17.9. The van der Waals surface area contributed by atoms with Crippen molar-refractivity contribution in [2.24, 2.45) is 0 Å². The van der Waals surface area contributed by atoms with Crippen LogP contribution >= 0.6 is 11.3 Å². The molecule has 0 aliphatic carbocycles.